The molecule has 0 spiro atoms. The number of likely N-dealkylation sites (tertiary alicyclic amines) is 1. The van der Waals surface area contributed by atoms with Crippen LogP contribution in [0.3, 0.4) is 0 Å². The van der Waals surface area contributed by atoms with Gasteiger partial charge in [0.05, 0.1) is 11.9 Å². The van der Waals surface area contributed by atoms with Crippen LogP contribution < -0.4 is 0 Å². The maximum Gasteiger partial charge on any atom is 0.389 e. The molecule has 3 aromatic rings. The number of piperidine rings is 1. The van der Waals surface area contributed by atoms with Crippen molar-refractivity contribution in [2.45, 2.75) is 45.3 Å². The molecule has 2 heterocycles. The molecule has 1 aliphatic heterocycles. The first-order valence-electron chi connectivity index (χ1n) is 11.2. The molecule has 0 unspecified atom stereocenters. The number of rotatable bonds is 6. The first-order valence-corrected chi connectivity index (χ1v) is 12.0. The van der Waals surface area contributed by atoms with Crippen LogP contribution in [0.2, 0.25) is 0 Å². The molecule has 0 radical (unpaired) electrons. The molecule has 1 aromatic heterocycles. The monoisotopic (exact) mass is 535 g/mol. The maximum absolute atomic E-state index is 12.7. The Bertz CT molecular complexity index is 1200. The number of hydrogen-bond acceptors (Lipinski definition) is 3. The summed E-state index contributed by atoms with van der Waals surface area (Å²) in [6, 6.07) is 10.6. The lowest BCUT2D eigenvalue weighted by molar-refractivity contribution is -0.133. The van der Waals surface area contributed by atoms with Crippen molar-refractivity contribution in [1.29, 1.82) is 0 Å². The summed E-state index contributed by atoms with van der Waals surface area (Å²) >= 11 is 3.38. The summed E-state index contributed by atoms with van der Waals surface area (Å²) in [5.74, 6) is -0.113. The lowest BCUT2D eigenvalue weighted by Crippen LogP contribution is -2.39. The van der Waals surface area contributed by atoms with Crippen LogP contribution in [0.15, 0.2) is 47.1 Å². The van der Waals surface area contributed by atoms with Gasteiger partial charge in [0.15, 0.2) is 5.78 Å². The molecule has 0 saturated carbocycles. The quantitative estimate of drug-likeness (QED) is 0.354. The van der Waals surface area contributed by atoms with Gasteiger partial charge in [-0.1, -0.05) is 15.9 Å². The first-order chi connectivity index (χ1) is 16.1. The van der Waals surface area contributed by atoms with E-state index in [1.807, 2.05) is 40.0 Å². The van der Waals surface area contributed by atoms with Crippen LogP contribution in [0.4, 0.5) is 13.2 Å². The van der Waals surface area contributed by atoms with Crippen LogP contribution >= 0.6 is 15.9 Å². The number of halogens is 4. The van der Waals surface area contributed by atoms with Crippen molar-refractivity contribution >= 4 is 38.5 Å². The highest BCUT2D eigenvalue weighted by Crippen LogP contribution is 2.27. The molecule has 0 N–H and O–H groups in total. The Labute approximate surface area is 204 Å². The number of Topliss-reactive ketones (excluding diaryl/α,β-unsaturated/α-hetero) is 1. The van der Waals surface area contributed by atoms with E-state index in [9.17, 15) is 22.8 Å². The number of aromatic nitrogens is 2. The Balaban J connectivity index is 1.38. The molecule has 0 bridgehead atoms. The van der Waals surface area contributed by atoms with Crippen LogP contribution in [0, 0.1) is 12.8 Å². The highest BCUT2D eigenvalue weighted by Gasteiger charge is 2.29. The van der Waals surface area contributed by atoms with Crippen LogP contribution in [0.25, 0.3) is 10.9 Å². The summed E-state index contributed by atoms with van der Waals surface area (Å²) in [4.78, 5) is 26.9. The minimum atomic E-state index is -4.35. The standard InChI is InChI=1S/C25H25BrF3N3O2/c1-16-20(23(33)8-11-25(27,28)29)6-7-22-21(16)15-32(30-22)14-17-9-12-31(13-10-17)24(34)18-2-4-19(26)5-3-18/h2-7,15,17H,8-14H2,1H3. The Hall–Kier alpha value is -2.68. The average molecular weight is 536 g/mol. The number of carbonyl (C=O) groups is 2. The van der Waals surface area contributed by atoms with Crippen molar-refractivity contribution in [3.05, 3.63) is 63.8 Å². The predicted molar refractivity (Wildman–Crippen MR) is 127 cm³/mol. The van der Waals surface area contributed by atoms with Crippen LogP contribution in [-0.4, -0.2) is 45.6 Å². The molecule has 180 valence electrons. The summed E-state index contributed by atoms with van der Waals surface area (Å²) < 4.78 is 40.3. The third-order valence-electron chi connectivity index (χ3n) is 6.38. The van der Waals surface area contributed by atoms with Crippen molar-refractivity contribution in [3.63, 3.8) is 0 Å². The van der Waals surface area contributed by atoms with Gasteiger partial charge in [-0.05, 0) is 67.6 Å². The number of carbonyl (C=O) groups excluding carboxylic acids is 2. The number of ketones is 1. The summed E-state index contributed by atoms with van der Waals surface area (Å²) in [6.45, 7) is 3.79. The van der Waals surface area contributed by atoms with Crippen molar-refractivity contribution < 1.29 is 22.8 Å². The van der Waals surface area contributed by atoms with Gasteiger partial charge in [-0.15, -0.1) is 0 Å². The lowest BCUT2D eigenvalue weighted by Gasteiger charge is -2.32. The Morgan fingerprint density at radius 3 is 2.41 bits per heavy atom. The molecule has 4 rings (SSSR count). The fourth-order valence-electron chi connectivity index (χ4n) is 4.42. The zero-order chi connectivity index (χ0) is 24.5. The smallest absolute Gasteiger partial charge is 0.339 e. The fourth-order valence-corrected chi connectivity index (χ4v) is 4.69. The Kier molecular flexibility index (Phi) is 7.12. The van der Waals surface area contributed by atoms with Crippen molar-refractivity contribution in [2.24, 2.45) is 5.92 Å². The van der Waals surface area contributed by atoms with Gasteiger partial charge in [-0.3, -0.25) is 14.3 Å². The molecule has 1 fully saturated rings. The second-order valence-corrected chi connectivity index (χ2v) is 9.72. The number of amides is 1. The molecule has 0 aliphatic carbocycles. The van der Waals surface area contributed by atoms with E-state index in [0.29, 0.717) is 47.8 Å². The van der Waals surface area contributed by atoms with Crippen molar-refractivity contribution in [3.8, 4) is 0 Å². The number of aryl methyl sites for hydroxylation is 1. The van der Waals surface area contributed by atoms with Gasteiger partial charge in [0.1, 0.15) is 0 Å². The molecule has 9 heteroatoms. The number of alkyl halides is 3. The van der Waals surface area contributed by atoms with E-state index >= 15 is 0 Å². The zero-order valence-corrected chi connectivity index (χ0v) is 20.3. The fraction of sp³-hybridized carbons (Fsp3) is 0.400. The third kappa shape index (κ3) is 5.68. The van der Waals surface area contributed by atoms with E-state index in [2.05, 4.69) is 21.0 Å². The topological polar surface area (TPSA) is 55.2 Å². The van der Waals surface area contributed by atoms with Gasteiger partial charge in [-0.2, -0.15) is 18.3 Å². The van der Waals surface area contributed by atoms with E-state index < -0.39 is 24.8 Å². The Morgan fingerprint density at radius 1 is 1.09 bits per heavy atom. The summed E-state index contributed by atoms with van der Waals surface area (Å²) in [7, 11) is 0. The van der Waals surface area contributed by atoms with E-state index in [0.717, 1.165) is 22.7 Å². The number of benzene rings is 2. The molecule has 1 saturated heterocycles. The highest BCUT2D eigenvalue weighted by molar-refractivity contribution is 9.10. The highest BCUT2D eigenvalue weighted by atomic mass is 79.9. The predicted octanol–water partition coefficient (Wildman–Crippen LogP) is 6.18. The molecular weight excluding hydrogens is 511 g/mol. The SMILES string of the molecule is Cc1c(C(=O)CCC(F)(F)F)ccc2nn(CC3CCN(C(=O)c4ccc(Br)cc4)CC3)cc12. The minimum absolute atomic E-state index is 0.0362. The van der Waals surface area contributed by atoms with Gasteiger partial charge in [0, 0.05) is 53.2 Å². The molecule has 2 aromatic carbocycles. The normalized spacial score (nSPS) is 15.1. The van der Waals surface area contributed by atoms with Gasteiger partial charge >= 0.3 is 6.18 Å². The van der Waals surface area contributed by atoms with Crippen molar-refractivity contribution in [2.75, 3.05) is 13.1 Å². The van der Waals surface area contributed by atoms with Gasteiger partial charge in [0.2, 0.25) is 0 Å². The largest absolute Gasteiger partial charge is 0.389 e. The number of nitrogens with zero attached hydrogens (tertiary/aromatic N) is 3. The van der Waals surface area contributed by atoms with Crippen LogP contribution in [0.5, 0.6) is 0 Å². The summed E-state index contributed by atoms with van der Waals surface area (Å²) in [5.41, 5.74) is 2.37. The van der Waals surface area contributed by atoms with Gasteiger partial charge in [0.25, 0.3) is 5.91 Å². The molecule has 0 atom stereocenters. The second-order valence-electron chi connectivity index (χ2n) is 8.80. The molecule has 1 amide bonds. The van der Waals surface area contributed by atoms with Crippen LogP contribution in [-0.2, 0) is 6.54 Å². The zero-order valence-electron chi connectivity index (χ0n) is 18.7. The maximum atomic E-state index is 12.7. The number of hydrogen-bond donors (Lipinski definition) is 0. The summed E-state index contributed by atoms with van der Waals surface area (Å²) in [5, 5.41) is 5.38. The van der Waals surface area contributed by atoms with Crippen LogP contribution in [0.1, 0.15) is 52.0 Å². The Morgan fingerprint density at radius 2 is 1.76 bits per heavy atom. The third-order valence-corrected chi connectivity index (χ3v) is 6.91. The molecule has 34 heavy (non-hydrogen) atoms. The van der Waals surface area contributed by atoms with Gasteiger partial charge in [-0.25, -0.2) is 0 Å². The van der Waals surface area contributed by atoms with E-state index in [1.54, 1.807) is 19.1 Å². The number of fused-ring (bicyclic) bond motifs is 1. The van der Waals surface area contributed by atoms with E-state index in [1.165, 1.54) is 0 Å². The molecule has 5 nitrogen and oxygen atoms in total. The van der Waals surface area contributed by atoms with Crippen molar-refractivity contribution in [1.82, 2.24) is 14.7 Å². The minimum Gasteiger partial charge on any atom is -0.339 e. The average Bonchev–Trinajstić information content (AvgIpc) is 3.21. The van der Waals surface area contributed by atoms with Gasteiger partial charge < -0.3 is 4.90 Å². The lowest BCUT2D eigenvalue weighted by atomic mass is 9.96. The van der Waals surface area contributed by atoms with E-state index in [4.69, 9.17) is 0 Å². The molecule has 1 aliphatic rings. The first kappa shape index (κ1) is 24.4. The van der Waals surface area contributed by atoms with E-state index in [-0.39, 0.29) is 5.91 Å². The second kappa shape index (κ2) is 9.90. The summed E-state index contributed by atoms with van der Waals surface area (Å²) in [6.07, 6.45) is -2.44. The molecular formula is C25H25BrF3N3O2.